The second kappa shape index (κ2) is 5.78. The number of carbonyl (C=O) groups excluding carboxylic acids is 1. The third kappa shape index (κ3) is 2.97. The molecule has 0 spiro atoms. The highest BCUT2D eigenvalue weighted by Gasteiger charge is 2.49. The molecule has 2 aliphatic rings. The molecule has 0 amide bonds. The predicted molar refractivity (Wildman–Crippen MR) is 81.9 cm³/mol. The topological polar surface area (TPSA) is 55.6 Å². The molecular weight excluding hydrogens is 264 g/mol. The van der Waals surface area contributed by atoms with E-state index in [1.165, 1.54) is 18.2 Å². The molecule has 4 heteroatoms. The van der Waals surface area contributed by atoms with Crippen molar-refractivity contribution in [1.29, 1.82) is 0 Å². The van der Waals surface area contributed by atoms with Gasteiger partial charge in [0.2, 0.25) is 0 Å². The minimum Gasteiger partial charge on any atom is -0.468 e. The maximum Gasteiger partial charge on any atom is 0.327 e. The molecule has 1 saturated carbocycles. The van der Waals surface area contributed by atoms with Crippen molar-refractivity contribution >= 4 is 5.97 Å². The monoisotopic (exact) mass is 288 g/mol. The van der Waals surface area contributed by atoms with Gasteiger partial charge in [-0.15, -0.1) is 0 Å². The second-order valence-corrected chi connectivity index (χ2v) is 6.35. The van der Waals surface area contributed by atoms with E-state index in [1.54, 1.807) is 0 Å². The number of methoxy groups -OCH3 is 1. The van der Waals surface area contributed by atoms with E-state index in [1.807, 2.05) is 0 Å². The van der Waals surface area contributed by atoms with Crippen LogP contribution in [-0.4, -0.2) is 43.2 Å². The van der Waals surface area contributed by atoms with Crippen LogP contribution in [0.4, 0.5) is 0 Å². The van der Waals surface area contributed by atoms with Crippen LogP contribution < -0.4 is 5.73 Å². The third-order valence-corrected chi connectivity index (χ3v) is 4.87. The Hall–Kier alpha value is -1.39. The van der Waals surface area contributed by atoms with E-state index in [9.17, 15) is 4.79 Å². The molecule has 1 atom stereocenters. The van der Waals surface area contributed by atoms with Crippen molar-refractivity contribution in [2.45, 2.75) is 31.2 Å². The smallest absolute Gasteiger partial charge is 0.327 e. The first-order valence-corrected chi connectivity index (χ1v) is 7.80. The fourth-order valence-corrected chi connectivity index (χ4v) is 3.39. The molecule has 3 rings (SSSR count). The molecule has 0 saturated heterocycles. The number of esters is 1. The highest BCUT2D eigenvalue weighted by molar-refractivity contribution is 5.81. The number of nitrogens with two attached hydrogens (primary N) is 1. The van der Waals surface area contributed by atoms with Gasteiger partial charge in [-0.05, 0) is 42.7 Å². The van der Waals surface area contributed by atoms with E-state index >= 15 is 0 Å². The largest absolute Gasteiger partial charge is 0.468 e. The van der Waals surface area contributed by atoms with Crippen LogP contribution in [-0.2, 0) is 22.4 Å². The molecular formula is C17H24N2O2. The van der Waals surface area contributed by atoms with Crippen LogP contribution in [0.15, 0.2) is 24.3 Å². The van der Waals surface area contributed by atoms with Crippen molar-refractivity contribution in [1.82, 2.24) is 4.90 Å². The van der Waals surface area contributed by atoms with E-state index < -0.39 is 5.54 Å². The first-order chi connectivity index (χ1) is 10.1. The van der Waals surface area contributed by atoms with Crippen molar-refractivity contribution in [3.05, 3.63) is 35.4 Å². The summed E-state index contributed by atoms with van der Waals surface area (Å²) >= 11 is 0. The lowest BCUT2D eigenvalue weighted by atomic mass is 9.93. The van der Waals surface area contributed by atoms with Gasteiger partial charge in [0.05, 0.1) is 7.11 Å². The van der Waals surface area contributed by atoms with Gasteiger partial charge in [0, 0.05) is 19.6 Å². The summed E-state index contributed by atoms with van der Waals surface area (Å²) in [5, 5.41) is 0. The molecule has 1 heterocycles. The van der Waals surface area contributed by atoms with Crippen molar-refractivity contribution in [3.63, 3.8) is 0 Å². The van der Waals surface area contributed by atoms with Crippen molar-refractivity contribution in [3.8, 4) is 0 Å². The number of rotatable bonds is 4. The van der Waals surface area contributed by atoms with Gasteiger partial charge in [-0.3, -0.25) is 4.79 Å². The fraction of sp³-hybridized carbons (Fsp3) is 0.588. The zero-order chi connectivity index (χ0) is 14.9. The number of fused-ring (bicyclic) bond motifs is 1. The lowest BCUT2D eigenvalue weighted by molar-refractivity contribution is -0.148. The van der Waals surface area contributed by atoms with Crippen LogP contribution >= 0.6 is 0 Å². The zero-order valence-electron chi connectivity index (χ0n) is 12.7. The van der Waals surface area contributed by atoms with Gasteiger partial charge in [-0.25, -0.2) is 0 Å². The van der Waals surface area contributed by atoms with E-state index in [4.69, 9.17) is 10.5 Å². The average Bonchev–Trinajstić information content (AvgIpc) is 3.34. The summed E-state index contributed by atoms with van der Waals surface area (Å²) in [4.78, 5) is 14.4. The molecule has 21 heavy (non-hydrogen) atoms. The molecule has 1 aromatic carbocycles. The van der Waals surface area contributed by atoms with Crippen LogP contribution in [0.25, 0.3) is 0 Å². The number of carbonyl (C=O) groups is 1. The van der Waals surface area contributed by atoms with Crippen molar-refractivity contribution < 1.29 is 9.53 Å². The molecule has 2 N–H and O–H groups in total. The Morgan fingerprint density at radius 2 is 1.86 bits per heavy atom. The standard InChI is InChI=1S/C17H24N2O2/c1-21-16(20)17(18,15-6-7-15)12-19-10-8-13-4-2-3-5-14(13)9-11-19/h2-5,15H,6-12,18H2,1H3. The number of ether oxygens (including phenoxy) is 1. The van der Waals surface area contributed by atoms with E-state index in [2.05, 4.69) is 29.2 Å². The summed E-state index contributed by atoms with van der Waals surface area (Å²) < 4.78 is 4.96. The number of hydrogen-bond acceptors (Lipinski definition) is 4. The van der Waals surface area contributed by atoms with Gasteiger partial charge in [0.1, 0.15) is 5.54 Å². The summed E-state index contributed by atoms with van der Waals surface area (Å²) in [5.74, 6) is 0.0299. The Balaban J connectivity index is 1.69. The minimum atomic E-state index is -0.828. The SMILES string of the molecule is COC(=O)C(N)(CN1CCc2ccccc2CC1)C1CC1. The van der Waals surface area contributed by atoms with Crippen LogP contribution in [0.1, 0.15) is 24.0 Å². The highest BCUT2D eigenvalue weighted by Crippen LogP contribution is 2.39. The summed E-state index contributed by atoms with van der Waals surface area (Å²) in [7, 11) is 1.44. The van der Waals surface area contributed by atoms with Gasteiger partial charge >= 0.3 is 5.97 Å². The zero-order valence-corrected chi connectivity index (χ0v) is 12.7. The molecule has 1 aliphatic heterocycles. The molecule has 4 nitrogen and oxygen atoms in total. The summed E-state index contributed by atoms with van der Waals surface area (Å²) in [6, 6.07) is 8.60. The Kier molecular flexibility index (Phi) is 4.00. The van der Waals surface area contributed by atoms with Crippen LogP contribution in [0, 0.1) is 5.92 Å². The Morgan fingerprint density at radius 1 is 1.29 bits per heavy atom. The fourth-order valence-electron chi connectivity index (χ4n) is 3.39. The first-order valence-electron chi connectivity index (χ1n) is 7.80. The van der Waals surface area contributed by atoms with Crippen LogP contribution in [0.5, 0.6) is 0 Å². The maximum absolute atomic E-state index is 12.1. The molecule has 1 aliphatic carbocycles. The van der Waals surface area contributed by atoms with Crippen molar-refractivity contribution in [2.24, 2.45) is 11.7 Å². The molecule has 0 bridgehead atoms. The Labute approximate surface area is 126 Å². The van der Waals surface area contributed by atoms with Gasteiger partial charge in [-0.2, -0.15) is 0 Å². The molecule has 1 unspecified atom stereocenters. The summed E-state index contributed by atoms with van der Waals surface area (Å²) in [6.07, 6.45) is 4.13. The third-order valence-electron chi connectivity index (χ3n) is 4.87. The number of nitrogens with zero attached hydrogens (tertiary/aromatic N) is 1. The van der Waals surface area contributed by atoms with Crippen LogP contribution in [0.3, 0.4) is 0 Å². The molecule has 1 fully saturated rings. The van der Waals surface area contributed by atoms with E-state index in [-0.39, 0.29) is 11.9 Å². The van der Waals surface area contributed by atoms with Crippen molar-refractivity contribution in [2.75, 3.05) is 26.7 Å². The van der Waals surface area contributed by atoms with Gasteiger partial charge in [0.25, 0.3) is 0 Å². The number of hydrogen-bond donors (Lipinski definition) is 1. The normalized spacial score (nSPS) is 22.0. The maximum atomic E-state index is 12.1. The molecule has 0 radical (unpaired) electrons. The molecule has 114 valence electrons. The van der Waals surface area contributed by atoms with Gasteiger partial charge in [0.15, 0.2) is 0 Å². The van der Waals surface area contributed by atoms with Gasteiger partial charge in [-0.1, -0.05) is 24.3 Å². The average molecular weight is 288 g/mol. The summed E-state index contributed by atoms with van der Waals surface area (Å²) in [5.41, 5.74) is 8.45. The first kappa shape index (κ1) is 14.5. The summed E-state index contributed by atoms with van der Waals surface area (Å²) in [6.45, 7) is 2.53. The van der Waals surface area contributed by atoms with Crippen LogP contribution in [0.2, 0.25) is 0 Å². The highest BCUT2D eigenvalue weighted by atomic mass is 16.5. The van der Waals surface area contributed by atoms with Gasteiger partial charge < -0.3 is 15.4 Å². The minimum absolute atomic E-state index is 0.258. The quantitative estimate of drug-likeness (QED) is 0.850. The van der Waals surface area contributed by atoms with E-state index in [0.717, 1.165) is 38.8 Å². The molecule has 0 aromatic heterocycles. The Morgan fingerprint density at radius 3 is 2.33 bits per heavy atom. The number of benzene rings is 1. The lowest BCUT2D eigenvalue weighted by Gasteiger charge is -2.32. The van der Waals surface area contributed by atoms with E-state index in [0.29, 0.717) is 6.54 Å². The lowest BCUT2D eigenvalue weighted by Crippen LogP contribution is -2.58. The Bertz CT molecular complexity index is 500. The predicted octanol–water partition coefficient (Wildman–Crippen LogP) is 1.37. The second-order valence-electron chi connectivity index (χ2n) is 6.35. The molecule has 1 aromatic rings.